The van der Waals surface area contributed by atoms with E-state index in [1.54, 1.807) is 6.07 Å². The predicted octanol–water partition coefficient (Wildman–Crippen LogP) is 4.88. The second kappa shape index (κ2) is 13.7. The van der Waals surface area contributed by atoms with Gasteiger partial charge in [0.05, 0.1) is 10.8 Å². The minimum atomic E-state index is -0.576. The number of benzene rings is 2. The van der Waals surface area contributed by atoms with Gasteiger partial charge in [0.15, 0.2) is 0 Å². The van der Waals surface area contributed by atoms with Gasteiger partial charge in [-0.25, -0.2) is 0 Å². The first-order chi connectivity index (χ1) is 18.0. The predicted molar refractivity (Wildman–Crippen MR) is 149 cm³/mol. The maximum atomic E-state index is 13.2. The van der Waals surface area contributed by atoms with Crippen LogP contribution in [0.1, 0.15) is 75.0 Å². The number of carbonyl (C=O) groups is 1. The van der Waals surface area contributed by atoms with Crippen LogP contribution in [0.3, 0.4) is 0 Å². The molecule has 4 N–H and O–H groups in total. The summed E-state index contributed by atoms with van der Waals surface area (Å²) in [4.78, 5) is 29.6. The molecule has 0 saturated heterocycles. The fraction of sp³-hybridized carbons (Fsp3) is 0.517. The van der Waals surface area contributed by atoms with Crippen molar-refractivity contribution in [3.8, 4) is 5.75 Å². The Bertz CT molecular complexity index is 1190. The average molecular weight is 526 g/mol. The number of aromatic amines is 1. The molecule has 4 rings (SSSR count). The SMILES string of the molecule is O=C(CCNC[C@H](O)c1ccccc1)N(CCCCCc1ccc(O)c2[nH]c(=O)sc12)C1CCCCC1. The van der Waals surface area contributed by atoms with Crippen LogP contribution < -0.4 is 10.2 Å². The Morgan fingerprint density at radius 3 is 2.65 bits per heavy atom. The summed E-state index contributed by atoms with van der Waals surface area (Å²) in [5.41, 5.74) is 2.50. The minimum Gasteiger partial charge on any atom is -0.506 e. The van der Waals surface area contributed by atoms with E-state index >= 15 is 0 Å². The van der Waals surface area contributed by atoms with Crippen LogP contribution >= 0.6 is 11.3 Å². The van der Waals surface area contributed by atoms with Gasteiger partial charge in [0, 0.05) is 32.1 Å². The van der Waals surface area contributed by atoms with Crippen molar-refractivity contribution in [1.29, 1.82) is 0 Å². The number of rotatable bonds is 13. The summed E-state index contributed by atoms with van der Waals surface area (Å²) in [5.74, 6) is 0.314. The van der Waals surface area contributed by atoms with Crippen molar-refractivity contribution in [3.63, 3.8) is 0 Å². The monoisotopic (exact) mass is 525 g/mol. The largest absolute Gasteiger partial charge is 0.506 e. The maximum absolute atomic E-state index is 13.2. The number of unbranched alkanes of at least 4 members (excludes halogenated alkanes) is 2. The number of nitrogens with zero attached hydrogens (tertiary/aromatic N) is 1. The van der Waals surface area contributed by atoms with Gasteiger partial charge in [-0.1, -0.05) is 73.4 Å². The smallest absolute Gasteiger partial charge is 0.305 e. The van der Waals surface area contributed by atoms with Crippen LogP contribution in [-0.4, -0.2) is 51.7 Å². The Morgan fingerprint density at radius 1 is 1.08 bits per heavy atom. The number of phenols is 1. The molecule has 1 amide bonds. The summed E-state index contributed by atoms with van der Waals surface area (Å²) in [6.07, 6.45) is 9.43. The van der Waals surface area contributed by atoms with Crippen molar-refractivity contribution in [1.82, 2.24) is 15.2 Å². The van der Waals surface area contributed by atoms with Crippen molar-refractivity contribution >= 4 is 27.5 Å². The van der Waals surface area contributed by atoms with Gasteiger partial charge in [-0.05, 0) is 49.3 Å². The Kier molecular flexibility index (Phi) is 10.2. The number of hydrogen-bond donors (Lipinski definition) is 4. The first-order valence-corrected chi connectivity index (χ1v) is 14.4. The van der Waals surface area contributed by atoms with E-state index in [9.17, 15) is 19.8 Å². The van der Waals surface area contributed by atoms with Gasteiger partial charge in [0.25, 0.3) is 0 Å². The topological polar surface area (TPSA) is 106 Å². The number of phenolic OH excluding ortho intramolecular Hbond substituents is 1. The van der Waals surface area contributed by atoms with Crippen molar-refractivity contribution < 1.29 is 15.0 Å². The Hall–Kier alpha value is -2.68. The number of hydrogen-bond acceptors (Lipinski definition) is 6. The van der Waals surface area contributed by atoms with E-state index in [4.69, 9.17) is 0 Å². The Balaban J connectivity index is 1.23. The lowest BCUT2D eigenvalue weighted by molar-refractivity contribution is -0.134. The first kappa shape index (κ1) is 27.4. The third-order valence-corrected chi connectivity index (χ3v) is 8.32. The molecule has 37 heavy (non-hydrogen) atoms. The van der Waals surface area contributed by atoms with Gasteiger partial charge in [0.2, 0.25) is 5.91 Å². The highest BCUT2D eigenvalue weighted by molar-refractivity contribution is 7.16. The third kappa shape index (κ3) is 7.66. The fourth-order valence-corrected chi connectivity index (χ4v) is 6.22. The van der Waals surface area contributed by atoms with E-state index in [-0.39, 0.29) is 16.5 Å². The molecule has 0 bridgehead atoms. The quantitative estimate of drug-likeness (QED) is 0.238. The van der Waals surface area contributed by atoms with Crippen LogP contribution in [0.25, 0.3) is 10.2 Å². The highest BCUT2D eigenvalue weighted by Crippen LogP contribution is 2.29. The highest BCUT2D eigenvalue weighted by atomic mass is 32.1. The summed E-state index contributed by atoms with van der Waals surface area (Å²) < 4.78 is 0.842. The standard InChI is InChI=1S/C29H39N3O4S/c33-24-16-15-22(28-27(24)31-29(36)37-28)12-6-3-9-19-32(23-13-7-2-8-14-23)26(35)17-18-30-20-25(34)21-10-4-1-5-11-21/h1,4-5,10-11,15-16,23,25,30,33-34H,2-3,6-9,12-14,17-20H2,(H,31,36)/t25-/m0/s1. The van der Waals surface area contributed by atoms with E-state index in [1.165, 1.54) is 19.3 Å². The van der Waals surface area contributed by atoms with Crippen molar-refractivity contribution in [2.75, 3.05) is 19.6 Å². The number of aliphatic hydroxyl groups is 1. The molecule has 200 valence electrons. The number of aromatic nitrogens is 1. The molecule has 0 radical (unpaired) electrons. The van der Waals surface area contributed by atoms with Crippen LogP contribution in [0.5, 0.6) is 5.75 Å². The second-order valence-corrected chi connectivity index (χ2v) is 11.0. The molecule has 0 aliphatic heterocycles. The number of amides is 1. The number of thiazole rings is 1. The van der Waals surface area contributed by atoms with Gasteiger partial charge in [-0.15, -0.1) is 0 Å². The Morgan fingerprint density at radius 2 is 1.86 bits per heavy atom. The number of aliphatic hydroxyl groups excluding tert-OH is 1. The molecule has 7 nitrogen and oxygen atoms in total. The molecule has 1 heterocycles. The van der Waals surface area contributed by atoms with Crippen molar-refractivity contribution in [3.05, 3.63) is 63.3 Å². The van der Waals surface area contributed by atoms with Crippen molar-refractivity contribution in [2.24, 2.45) is 0 Å². The summed E-state index contributed by atoms with van der Waals surface area (Å²) in [5, 5.41) is 23.6. The zero-order valence-electron chi connectivity index (χ0n) is 21.5. The van der Waals surface area contributed by atoms with Gasteiger partial charge >= 0.3 is 4.87 Å². The Labute approximate surface area is 222 Å². The van der Waals surface area contributed by atoms with E-state index < -0.39 is 6.10 Å². The molecule has 1 atom stereocenters. The summed E-state index contributed by atoms with van der Waals surface area (Å²) >= 11 is 1.15. The third-order valence-electron chi connectivity index (χ3n) is 7.36. The zero-order chi connectivity index (χ0) is 26.0. The lowest BCUT2D eigenvalue weighted by Crippen LogP contribution is -2.43. The maximum Gasteiger partial charge on any atom is 0.305 e. The minimum absolute atomic E-state index is 0.114. The molecular formula is C29H39N3O4S. The number of carbonyl (C=O) groups excluding carboxylic acids is 1. The number of nitrogens with one attached hydrogen (secondary N) is 2. The molecule has 1 aliphatic carbocycles. The van der Waals surface area contributed by atoms with Crippen molar-refractivity contribution in [2.45, 2.75) is 76.4 Å². The van der Waals surface area contributed by atoms with Gasteiger partial charge in [-0.2, -0.15) is 0 Å². The van der Waals surface area contributed by atoms with Crippen LogP contribution in [0.2, 0.25) is 0 Å². The lowest BCUT2D eigenvalue weighted by Gasteiger charge is -2.34. The second-order valence-electron chi connectivity index (χ2n) is 10.0. The molecule has 1 aromatic heterocycles. The van der Waals surface area contributed by atoms with Gasteiger partial charge in [0.1, 0.15) is 11.3 Å². The molecule has 0 spiro atoms. The zero-order valence-corrected chi connectivity index (χ0v) is 22.3. The average Bonchev–Trinajstić information content (AvgIpc) is 3.33. The fourth-order valence-electron chi connectivity index (χ4n) is 5.32. The first-order valence-electron chi connectivity index (χ1n) is 13.6. The molecule has 2 aromatic carbocycles. The molecule has 0 unspecified atom stereocenters. The van der Waals surface area contributed by atoms with Gasteiger partial charge < -0.3 is 25.4 Å². The van der Waals surface area contributed by atoms with Gasteiger partial charge in [-0.3, -0.25) is 9.59 Å². The van der Waals surface area contributed by atoms with E-state index in [1.807, 2.05) is 36.4 Å². The van der Waals surface area contributed by atoms with Crippen LogP contribution in [0.15, 0.2) is 47.3 Å². The molecule has 1 saturated carbocycles. The summed E-state index contributed by atoms with van der Waals surface area (Å²) in [6.45, 7) is 1.77. The highest BCUT2D eigenvalue weighted by Gasteiger charge is 2.24. The number of H-pyrrole nitrogens is 1. The summed E-state index contributed by atoms with van der Waals surface area (Å²) in [6, 6.07) is 13.5. The van der Waals surface area contributed by atoms with Crippen LogP contribution in [0, 0.1) is 0 Å². The van der Waals surface area contributed by atoms with E-state index in [2.05, 4.69) is 15.2 Å². The van der Waals surface area contributed by atoms with Crippen LogP contribution in [-0.2, 0) is 11.2 Å². The summed E-state index contributed by atoms with van der Waals surface area (Å²) in [7, 11) is 0. The molecular weight excluding hydrogens is 486 g/mol. The molecule has 1 aliphatic rings. The molecule has 3 aromatic rings. The number of aromatic hydroxyl groups is 1. The molecule has 1 fully saturated rings. The lowest BCUT2D eigenvalue weighted by atomic mass is 9.93. The molecule has 8 heteroatoms. The number of aryl methyl sites for hydroxylation is 1. The van der Waals surface area contributed by atoms with Crippen LogP contribution in [0.4, 0.5) is 0 Å². The number of fused-ring (bicyclic) bond motifs is 1. The normalized spacial score (nSPS) is 15.2. The van der Waals surface area contributed by atoms with E-state index in [0.29, 0.717) is 31.1 Å². The van der Waals surface area contributed by atoms with E-state index in [0.717, 1.165) is 72.2 Å².